The lowest BCUT2D eigenvalue weighted by Gasteiger charge is -2.22. The van der Waals surface area contributed by atoms with Crippen LogP contribution in [0.5, 0.6) is 0 Å². The molecule has 0 aromatic heterocycles. The van der Waals surface area contributed by atoms with Crippen molar-refractivity contribution < 1.29 is 9.59 Å². The summed E-state index contributed by atoms with van der Waals surface area (Å²) in [5.74, 6) is 0.266. The van der Waals surface area contributed by atoms with Crippen molar-refractivity contribution in [2.45, 2.75) is 42.8 Å². The fourth-order valence-electron chi connectivity index (χ4n) is 2.72. The second kappa shape index (κ2) is 5.48. The third kappa shape index (κ3) is 2.68. The first-order chi connectivity index (χ1) is 9.63. The fraction of sp³-hybridized carbons (Fsp3) is 0.467. The summed E-state index contributed by atoms with van der Waals surface area (Å²) in [6.07, 6.45) is 4.27. The molecular formula is C15H18N2O2S. The van der Waals surface area contributed by atoms with Gasteiger partial charge in [0.15, 0.2) is 0 Å². The van der Waals surface area contributed by atoms with Crippen LogP contribution in [0.3, 0.4) is 0 Å². The number of thioether (sulfide) groups is 1. The number of nitrogens with one attached hydrogen (secondary N) is 2. The van der Waals surface area contributed by atoms with Crippen LogP contribution in [0.15, 0.2) is 23.1 Å². The van der Waals surface area contributed by atoms with Crippen LogP contribution in [0.1, 0.15) is 32.6 Å². The van der Waals surface area contributed by atoms with Gasteiger partial charge in [-0.05, 0) is 38.0 Å². The standard InChI is InChI=1S/C15H18N2O2S/c1-9-14(18)17-12-8-11(6-7-13(12)20-9)16-15(19)10-4-2-3-5-10/h6-10H,2-5H2,1H3,(H,16,19)(H,17,18). The molecule has 1 unspecified atom stereocenters. The summed E-state index contributed by atoms with van der Waals surface area (Å²) in [6, 6.07) is 5.71. The Kier molecular flexibility index (Phi) is 3.70. The molecule has 3 rings (SSSR count). The molecule has 2 N–H and O–H groups in total. The molecule has 1 aromatic rings. The largest absolute Gasteiger partial charge is 0.326 e. The molecule has 0 saturated heterocycles. The van der Waals surface area contributed by atoms with E-state index in [2.05, 4.69) is 10.6 Å². The number of hydrogen-bond donors (Lipinski definition) is 2. The zero-order valence-corrected chi connectivity index (χ0v) is 12.3. The Labute approximate surface area is 122 Å². The smallest absolute Gasteiger partial charge is 0.237 e. The SMILES string of the molecule is CC1Sc2ccc(NC(=O)C3CCCC3)cc2NC1=O. The topological polar surface area (TPSA) is 58.2 Å². The zero-order chi connectivity index (χ0) is 14.1. The molecule has 106 valence electrons. The maximum absolute atomic E-state index is 12.1. The van der Waals surface area contributed by atoms with Crippen LogP contribution in [0, 0.1) is 5.92 Å². The van der Waals surface area contributed by atoms with E-state index in [0.717, 1.165) is 42.0 Å². The first kappa shape index (κ1) is 13.5. The second-order valence-corrected chi connectivity index (χ2v) is 6.81. The van der Waals surface area contributed by atoms with Gasteiger partial charge in [-0.25, -0.2) is 0 Å². The lowest BCUT2D eigenvalue weighted by Crippen LogP contribution is -2.26. The maximum Gasteiger partial charge on any atom is 0.237 e. The Hall–Kier alpha value is -1.49. The summed E-state index contributed by atoms with van der Waals surface area (Å²) in [5.41, 5.74) is 1.55. The summed E-state index contributed by atoms with van der Waals surface area (Å²) in [5, 5.41) is 5.77. The normalized spacial score (nSPS) is 22.2. The van der Waals surface area contributed by atoms with E-state index in [4.69, 9.17) is 0 Å². The van der Waals surface area contributed by atoms with Gasteiger partial charge in [0.25, 0.3) is 0 Å². The van der Waals surface area contributed by atoms with E-state index in [1.54, 1.807) is 11.8 Å². The van der Waals surface area contributed by atoms with Gasteiger partial charge in [0, 0.05) is 16.5 Å². The van der Waals surface area contributed by atoms with Crippen molar-refractivity contribution in [3.05, 3.63) is 18.2 Å². The van der Waals surface area contributed by atoms with E-state index < -0.39 is 0 Å². The van der Waals surface area contributed by atoms with E-state index in [1.165, 1.54) is 0 Å². The number of carbonyl (C=O) groups excluding carboxylic acids is 2. The summed E-state index contributed by atoms with van der Waals surface area (Å²) >= 11 is 1.55. The van der Waals surface area contributed by atoms with Crippen molar-refractivity contribution in [1.29, 1.82) is 0 Å². The van der Waals surface area contributed by atoms with Crippen LogP contribution in [-0.2, 0) is 9.59 Å². The minimum atomic E-state index is -0.0681. The number of rotatable bonds is 2. The highest BCUT2D eigenvalue weighted by molar-refractivity contribution is 8.00. The monoisotopic (exact) mass is 290 g/mol. The molecule has 0 spiro atoms. The summed E-state index contributed by atoms with van der Waals surface area (Å²) in [4.78, 5) is 24.8. The molecule has 4 nitrogen and oxygen atoms in total. The molecule has 1 saturated carbocycles. The molecular weight excluding hydrogens is 272 g/mol. The lowest BCUT2D eigenvalue weighted by atomic mass is 10.1. The van der Waals surface area contributed by atoms with Gasteiger partial charge in [0.05, 0.1) is 10.9 Å². The highest BCUT2D eigenvalue weighted by Gasteiger charge is 2.25. The number of carbonyl (C=O) groups is 2. The molecule has 1 heterocycles. The van der Waals surface area contributed by atoms with Gasteiger partial charge in [0.1, 0.15) is 0 Å². The molecule has 0 radical (unpaired) electrons. The summed E-state index contributed by atoms with van der Waals surface area (Å²) < 4.78 is 0. The number of amides is 2. The minimum absolute atomic E-state index is 0.0155. The highest BCUT2D eigenvalue weighted by atomic mass is 32.2. The predicted molar refractivity (Wildman–Crippen MR) is 81.0 cm³/mol. The quantitative estimate of drug-likeness (QED) is 0.879. The molecule has 1 aliphatic carbocycles. The van der Waals surface area contributed by atoms with Crippen molar-refractivity contribution >= 4 is 35.0 Å². The number of fused-ring (bicyclic) bond motifs is 1. The van der Waals surface area contributed by atoms with E-state index in [0.29, 0.717) is 0 Å². The summed E-state index contributed by atoms with van der Waals surface area (Å²) in [7, 11) is 0. The van der Waals surface area contributed by atoms with E-state index in [-0.39, 0.29) is 23.0 Å². The van der Waals surface area contributed by atoms with Crippen molar-refractivity contribution in [3.63, 3.8) is 0 Å². The first-order valence-electron chi connectivity index (χ1n) is 7.06. The van der Waals surface area contributed by atoms with E-state index in [9.17, 15) is 9.59 Å². The first-order valence-corrected chi connectivity index (χ1v) is 7.94. The Balaban J connectivity index is 1.74. The van der Waals surface area contributed by atoms with E-state index in [1.807, 2.05) is 25.1 Å². The predicted octanol–water partition coefficient (Wildman–Crippen LogP) is 3.25. The van der Waals surface area contributed by atoms with Gasteiger partial charge in [0.2, 0.25) is 11.8 Å². The fourth-order valence-corrected chi connectivity index (χ4v) is 3.65. The summed E-state index contributed by atoms with van der Waals surface area (Å²) in [6.45, 7) is 1.89. The van der Waals surface area contributed by atoms with Crippen LogP contribution in [0.2, 0.25) is 0 Å². The van der Waals surface area contributed by atoms with Gasteiger partial charge in [-0.15, -0.1) is 11.8 Å². The Morgan fingerprint density at radius 2 is 2.10 bits per heavy atom. The third-order valence-corrected chi connectivity index (χ3v) is 5.08. The van der Waals surface area contributed by atoms with Gasteiger partial charge in [-0.2, -0.15) is 0 Å². The van der Waals surface area contributed by atoms with Crippen molar-refractivity contribution in [3.8, 4) is 0 Å². The number of anilines is 2. The van der Waals surface area contributed by atoms with Crippen molar-refractivity contribution in [1.82, 2.24) is 0 Å². The van der Waals surface area contributed by atoms with Gasteiger partial charge >= 0.3 is 0 Å². The van der Waals surface area contributed by atoms with Crippen LogP contribution < -0.4 is 10.6 Å². The highest BCUT2D eigenvalue weighted by Crippen LogP contribution is 2.37. The Morgan fingerprint density at radius 3 is 2.85 bits per heavy atom. The lowest BCUT2D eigenvalue weighted by molar-refractivity contribution is -0.119. The van der Waals surface area contributed by atoms with Crippen molar-refractivity contribution in [2.75, 3.05) is 10.6 Å². The Morgan fingerprint density at radius 1 is 1.35 bits per heavy atom. The third-order valence-electron chi connectivity index (χ3n) is 3.90. The molecule has 1 atom stereocenters. The molecule has 20 heavy (non-hydrogen) atoms. The number of hydrogen-bond acceptors (Lipinski definition) is 3. The van der Waals surface area contributed by atoms with Crippen LogP contribution in [0.25, 0.3) is 0 Å². The average molecular weight is 290 g/mol. The van der Waals surface area contributed by atoms with Crippen molar-refractivity contribution in [2.24, 2.45) is 5.92 Å². The van der Waals surface area contributed by atoms with Crippen LogP contribution in [0.4, 0.5) is 11.4 Å². The van der Waals surface area contributed by atoms with E-state index >= 15 is 0 Å². The second-order valence-electron chi connectivity index (χ2n) is 5.43. The average Bonchev–Trinajstić information content (AvgIpc) is 2.94. The zero-order valence-electron chi connectivity index (χ0n) is 11.4. The molecule has 1 fully saturated rings. The number of benzene rings is 1. The molecule has 2 amide bonds. The Bertz CT molecular complexity index is 553. The van der Waals surface area contributed by atoms with Crippen LogP contribution >= 0.6 is 11.8 Å². The molecule has 2 aliphatic rings. The van der Waals surface area contributed by atoms with Gasteiger partial charge in [-0.3, -0.25) is 9.59 Å². The molecule has 1 aromatic carbocycles. The van der Waals surface area contributed by atoms with Crippen LogP contribution in [-0.4, -0.2) is 17.1 Å². The molecule has 5 heteroatoms. The van der Waals surface area contributed by atoms with Gasteiger partial charge in [-0.1, -0.05) is 12.8 Å². The van der Waals surface area contributed by atoms with Gasteiger partial charge < -0.3 is 10.6 Å². The molecule has 0 bridgehead atoms. The molecule has 1 aliphatic heterocycles. The minimum Gasteiger partial charge on any atom is -0.326 e. The maximum atomic E-state index is 12.1.